The second kappa shape index (κ2) is 7.40. The van der Waals surface area contributed by atoms with E-state index in [1.54, 1.807) is 18.8 Å². The molecule has 0 unspecified atom stereocenters. The Morgan fingerprint density at radius 1 is 1.09 bits per heavy atom. The number of hydrogen-bond acceptors (Lipinski definition) is 6. The van der Waals surface area contributed by atoms with Gasteiger partial charge in [0.2, 0.25) is 6.79 Å². The van der Waals surface area contributed by atoms with Crippen LogP contribution in [0.5, 0.6) is 23.0 Å². The van der Waals surface area contributed by atoms with E-state index in [0.29, 0.717) is 23.9 Å². The number of pyridine rings is 1. The lowest BCUT2D eigenvalue weighted by molar-refractivity contribution is -0.109. The molecule has 7 heteroatoms. The maximum Gasteiger partial charge on any atom is 0.258 e. The van der Waals surface area contributed by atoms with Crippen LogP contribution in [0.4, 0.5) is 0 Å². The summed E-state index contributed by atoms with van der Waals surface area (Å²) in [6, 6.07) is 11.8. The quantitative estimate of drug-likeness (QED) is 0.578. The highest BCUT2D eigenvalue weighted by atomic mass is 16.7. The molecule has 6 rings (SSSR count). The van der Waals surface area contributed by atoms with Crippen LogP contribution in [0.25, 0.3) is 10.9 Å². The van der Waals surface area contributed by atoms with Crippen LogP contribution >= 0.6 is 0 Å². The Labute approximate surface area is 198 Å². The van der Waals surface area contributed by atoms with Crippen molar-refractivity contribution in [2.75, 3.05) is 27.6 Å². The molecule has 2 aliphatic heterocycles. The van der Waals surface area contributed by atoms with Gasteiger partial charge in [-0.05, 0) is 38.0 Å². The predicted octanol–water partition coefficient (Wildman–Crippen LogP) is 4.21. The zero-order valence-corrected chi connectivity index (χ0v) is 20.1. The monoisotopic (exact) mass is 463 g/mol. The van der Waals surface area contributed by atoms with E-state index in [0.717, 1.165) is 27.8 Å². The van der Waals surface area contributed by atoms with Gasteiger partial charge in [0.15, 0.2) is 11.5 Å². The summed E-state index contributed by atoms with van der Waals surface area (Å²) in [7, 11) is 5.22. The average Bonchev–Trinajstić information content (AvgIpc) is 3.27. The first-order valence-corrected chi connectivity index (χ1v) is 11.6. The number of fused-ring (bicyclic) bond motifs is 6. The number of rotatable bonds is 4. The Morgan fingerprint density at radius 2 is 1.82 bits per heavy atom. The van der Waals surface area contributed by atoms with Crippen LogP contribution in [0.2, 0.25) is 0 Å². The normalized spacial score (nSPS) is 25.8. The van der Waals surface area contributed by atoms with Gasteiger partial charge < -0.3 is 28.3 Å². The molecule has 7 nitrogen and oxygen atoms in total. The van der Waals surface area contributed by atoms with E-state index in [4.69, 9.17) is 23.7 Å². The molecule has 0 spiro atoms. The lowest BCUT2D eigenvalue weighted by Gasteiger charge is -2.60. The Morgan fingerprint density at radius 3 is 2.56 bits per heavy atom. The minimum Gasteiger partial charge on any atom is -0.496 e. The minimum absolute atomic E-state index is 0.00480. The van der Waals surface area contributed by atoms with Gasteiger partial charge in [0.25, 0.3) is 5.56 Å². The lowest BCUT2D eigenvalue weighted by atomic mass is 9.47. The molecule has 34 heavy (non-hydrogen) atoms. The molecule has 1 aromatic heterocycles. The maximum absolute atomic E-state index is 13.8. The van der Waals surface area contributed by atoms with E-state index in [1.807, 2.05) is 43.4 Å². The number of aromatic nitrogens is 1. The SMILES string of the molecule is COC[C@@H]1[C@@H](c2cc3c(cc2OC)OCO3)[C@H]2c3c(c4ccccc4n(C)c3=O)OC(C)(C)[C@@H]12. The van der Waals surface area contributed by atoms with Crippen LogP contribution in [0.1, 0.15) is 36.8 Å². The van der Waals surface area contributed by atoms with Crippen molar-refractivity contribution >= 4 is 10.9 Å². The molecule has 2 aromatic carbocycles. The fraction of sp³-hybridized carbons (Fsp3) is 0.444. The van der Waals surface area contributed by atoms with E-state index in [1.165, 1.54) is 0 Å². The van der Waals surface area contributed by atoms with Gasteiger partial charge in [-0.15, -0.1) is 0 Å². The van der Waals surface area contributed by atoms with Crippen molar-refractivity contribution in [3.8, 4) is 23.0 Å². The van der Waals surface area contributed by atoms with Crippen LogP contribution in [0.3, 0.4) is 0 Å². The molecule has 3 heterocycles. The first-order valence-electron chi connectivity index (χ1n) is 11.6. The Hall–Kier alpha value is -3.19. The van der Waals surface area contributed by atoms with Crippen molar-refractivity contribution in [1.82, 2.24) is 4.57 Å². The van der Waals surface area contributed by atoms with Crippen molar-refractivity contribution < 1.29 is 23.7 Å². The van der Waals surface area contributed by atoms with Gasteiger partial charge in [0.05, 0.1) is 24.8 Å². The fourth-order valence-corrected chi connectivity index (χ4v) is 6.57. The summed E-state index contributed by atoms with van der Waals surface area (Å²) in [6.07, 6.45) is 0. The van der Waals surface area contributed by atoms with Crippen molar-refractivity contribution in [2.45, 2.75) is 31.3 Å². The van der Waals surface area contributed by atoms with E-state index in [9.17, 15) is 4.79 Å². The topological polar surface area (TPSA) is 68.2 Å². The van der Waals surface area contributed by atoms with Gasteiger partial charge in [0, 0.05) is 48.9 Å². The highest BCUT2D eigenvalue weighted by molar-refractivity contribution is 5.87. The van der Waals surface area contributed by atoms with Crippen molar-refractivity contribution in [2.24, 2.45) is 18.9 Å². The van der Waals surface area contributed by atoms with Crippen LogP contribution in [-0.4, -0.2) is 37.8 Å². The average molecular weight is 464 g/mol. The standard InChI is InChI=1S/C27H29NO6/c1-27(2)24-16(12-30-4)21(15-10-19-20(33-13-32-19)11-18(15)31-5)22(24)23-25(34-27)14-8-6-7-9-17(14)28(3)26(23)29/h6-11,16,21-22,24H,12-13H2,1-5H3/t16-,21-,22+,24+/m1/s1. The van der Waals surface area contributed by atoms with Gasteiger partial charge in [-0.2, -0.15) is 0 Å². The number of benzene rings is 2. The second-order valence-electron chi connectivity index (χ2n) is 9.97. The highest BCUT2D eigenvalue weighted by Gasteiger charge is 2.62. The fourth-order valence-electron chi connectivity index (χ4n) is 6.57. The zero-order chi connectivity index (χ0) is 23.8. The molecule has 1 fully saturated rings. The second-order valence-corrected chi connectivity index (χ2v) is 9.97. The van der Waals surface area contributed by atoms with Gasteiger partial charge in [0.1, 0.15) is 17.1 Å². The van der Waals surface area contributed by atoms with Crippen LogP contribution < -0.4 is 24.5 Å². The molecule has 0 saturated heterocycles. The van der Waals surface area contributed by atoms with Crippen molar-refractivity contribution in [1.29, 1.82) is 0 Å². The summed E-state index contributed by atoms with van der Waals surface area (Å²) < 4.78 is 31.2. The van der Waals surface area contributed by atoms with Gasteiger partial charge in [-0.1, -0.05) is 12.1 Å². The van der Waals surface area contributed by atoms with Gasteiger partial charge in [-0.25, -0.2) is 0 Å². The summed E-state index contributed by atoms with van der Waals surface area (Å²) in [4.78, 5) is 13.8. The maximum atomic E-state index is 13.8. The summed E-state index contributed by atoms with van der Waals surface area (Å²) in [5.74, 6) is 3.02. The summed E-state index contributed by atoms with van der Waals surface area (Å²) in [5.41, 5.74) is 2.12. The minimum atomic E-state index is -0.476. The number of ether oxygens (including phenoxy) is 5. The number of aryl methyl sites for hydroxylation is 1. The Balaban J connectivity index is 1.61. The number of methoxy groups -OCH3 is 2. The van der Waals surface area contributed by atoms with Crippen molar-refractivity contribution in [3.05, 3.63) is 57.9 Å². The Bertz CT molecular complexity index is 1360. The number of nitrogens with zero attached hydrogens (tertiary/aromatic N) is 1. The van der Waals surface area contributed by atoms with E-state index < -0.39 is 5.60 Å². The van der Waals surface area contributed by atoms with Gasteiger partial charge >= 0.3 is 0 Å². The van der Waals surface area contributed by atoms with Crippen LogP contribution in [-0.2, 0) is 11.8 Å². The number of para-hydroxylation sites is 1. The molecule has 0 bridgehead atoms. The van der Waals surface area contributed by atoms with Crippen LogP contribution in [0, 0.1) is 11.8 Å². The first kappa shape index (κ1) is 21.4. The molecule has 0 N–H and O–H groups in total. The summed E-state index contributed by atoms with van der Waals surface area (Å²) in [5, 5.41) is 0.956. The largest absolute Gasteiger partial charge is 0.496 e. The summed E-state index contributed by atoms with van der Waals surface area (Å²) in [6.45, 7) is 4.99. The molecule has 178 valence electrons. The van der Waals surface area contributed by atoms with Crippen LogP contribution in [0.15, 0.2) is 41.2 Å². The predicted molar refractivity (Wildman–Crippen MR) is 127 cm³/mol. The lowest BCUT2D eigenvalue weighted by Crippen LogP contribution is -2.61. The van der Waals surface area contributed by atoms with E-state index in [-0.39, 0.29) is 36.0 Å². The molecule has 1 saturated carbocycles. The zero-order valence-electron chi connectivity index (χ0n) is 20.1. The first-order chi connectivity index (χ1) is 16.4. The van der Waals surface area contributed by atoms with Crippen molar-refractivity contribution in [3.63, 3.8) is 0 Å². The molecular weight excluding hydrogens is 434 g/mol. The third-order valence-corrected chi connectivity index (χ3v) is 7.93. The molecule has 0 radical (unpaired) electrons. The molecule has 0 amide bonds. The third kappa shape index (κ3) is 2.76. The molecular formula is C27H29NO6. The highest BCUT2D eigenvalue weighted by Crippen LogP contribution is 2.67. The molecule has 1 aliphatic carbocycles. The van der Waals surface area contributed by atoms with E-state index >= 15 is 0 Å². The smallest absolute Gasteiger partial charge is 0.258 e. The van der Waals surface area contributed by atoms with E-state index in [2.05, 4.69) is 13.8 Å². The van der Waals surface area contributed by atoms with Gasteiger partial charge in [-0.3, -0.25) is 4.79 Å². The Kier molecular flexibility index (Phi) is 4.65. The third-order valence-electron chi connectivity index (χ3n) is 7.93. The number of hydrogen-bond donors (Lipinski definition) is 0. The molecule has 3 aliphatic rings. The molecule has 4 atom stereocenters. The molecule has 3 aromatic rings. The summed E-state index contributed by atoms with van der Waals surface area (Å²) >= 11 is 0.